The van der Waals surface area contributed by atoms with Gasteiger partial charge in [0, 0.05) is 6.08 Å². The van der Waals surface area contributed by atoms with E-state index in [1.165, 1.54) is 26.4 Å². The molecule has 4 N–H and O–H groups in total. The number of primary amides is 1. The molecule has 0 saturated heterocycles. The number of methoxy groups -OCH3 is 2. The summed E-state index contributed by atoms with van der Waals surface area (Å²) >= 11 is 0. The Kier molecular flexibility index (Phi) is 7.21. The van der Waals surface area contributed by atoms with Gasteiger partial charge in [0.15, 0.2) is 11.5 Å². The lowest BCUT2D eigenvalue weighted by molar-refractivity contribution is -0.134. The third-order valence-electron chi connectivity index (χ3n) is 1.82. The lowest BCUT2D eigenvalue weighted by atomic mass is 10.2. The average molecular weight is 269 g/mol. The largest absolute Gasteiger partial charge is 0.504 e. The summed E-state index contributed by atoms with van der Waals surface area (Å²) in [6, 6.07) is 4.78. The van der Waals surface area contributed by atoms with E-state index in [2.05, 4.69) is 10.5 Å². The van der Waals surface area contributed by atoms with Gasteiger partial charge in [0.25, 0.3) is 0 Å². The average Bonchev–Trinajstić information content (AvgIpc) is 2.36. The fourth-order valence-electron chi connectivity index (χ4n) is 1.03. The Morgan fingerprint density at radius 2 is 1.89 bits per heavy atom. The van der Waals surface area contributed by atoms with Gasteiger partial charge in [-0.2, -0.15) is 0 Å². The number of carbonyl (C=O) groups excluding carboxylic acids is 1. The van der Waals surface area contributed by atoms with Crippen LogP contribution >= 0.6 is 0 Å². The van der Waals surface area contributed by atoms with Crippen molar-refractivity contribution in [1.82, 2.24) is 0 Å². The van der Waals surface area contributed by atoms with Gasteiger partial charge in [-0.05, 0) is 23.8 Å². The minimum atomic E-state index is -1.33. The van der Waals surface area contributed by atoms with Gasteiger partial charge in [-0.3, -0.25) is 0 Å². The van der Waals surface area contributed by atoms with Crippen LogP contribution in [0.2, 0.25) is 0 Å². The Morgan fingerprint density at radius 1 is 1.32 bits per heavy atom. The van der Waals surface area contributed by atoms with Gasteiger partial charge in [-0.25, -0.2) is 9.59 Å². The Morgan fingerprint density at radius 3 is 2.37 bits per heavy atom. The normalized spacial score (nSPS) is 9.37. The van der Waals surface area contributed by atoms with Crippen LogP contribution in [0.25, 0.3) is 6.08 Å². The zero-order chi connectivity index (χ0) is 14.8. The number of phenolic OH excluding ortho intramolecular Hbond substituents is 1. The molecular formula is C12H15NO6. The molecule has 104 valence electrons. The van der Waals surface area contributed by atoms with E-state index in [1.54, 1.807) is 18.2 Å². The van der Waals surface area contributed by atoms with Crippen LogP contribution in [0, 0.1) is 0 Å². The van der Waals surface area contributed by atoms with Crippen LogP contribution in [0.1, 0.15) is 5.56 Å². The smallest absolute Gasteiger partial charge is 0.402 e. The van der Waals surface area contributed by atoms with Crippen LogP contribution in [0.4, 0.5) is 4.79 Å². The number of benzene rings is 1. The number of carboxylic acid groups (broad SMARTS) is 1. The van der Waals surface area contributed by atoms with Crippen molar-refractivity contribution in [3.8, 4) is 11.5 Å². The molecule has 7 nitrogen and oxygen atoms in total. The second kappa shape index (κ2) is 8.40. The van der Waals surface area contributed by atoms with Crippen LogP contribution < -0.4 is 10.5 Å². The van der Waals surface area contributed by atoms with Gasteiger partial charge < -0.3 is 25.4 Å². The predicted octanol–water partition coefficient (Wildman–Crippen LogP) is 1.21. The number of aromatic hydroxyl groups is 1. The zero-order valence-electron chi connectivity index (χ0n) is 10.5. The highest BCUT2D eigenvalue weighted by atomic mass is 16.5. The summed E-state index contributed by atoms with van der Waals surface area (Å²) < 4.78 is 9.36. The van der Waals surface area contributed by atoms with E-state index in [0.29, 0.717) is 5.75 Å². The molecule has 0 aliphatic rings. The molecule has 0 bridgehead atoms. The Bertz CT molecular complexity index is 465. The molecule has 0 aromatic heterocycles. The first-order valence-corrected chi connectivity index (χ1v) is 5.02. The summed E-state index contributed by atoms with van der Waals surface area (Å²) in [6.45, 7) is 0. The van der Waals surface area contributed by atoms with Crippen molar-refractivity contribution in [2.45, 2.75) is 0 Å². The van der Waals surface area contributed by atoms with E-state index in [0.717, 1.165) is 5.56 Å². The number of hydrogen-bond donors (Lipinski definition) is 3. The van der Waals surface area contributed by atoms with Crippen LogP contribution in [-0.2, 0) is 9.53 Å². The first-order chi connectivity index (χ1) is 8.90. The predicted molar refractivity (Wildman–Crippen MR) is 67.9 cm³/mol. The monoisotopic (exact) mass is 269 g/mol. The molecule has 0 radical (unpaired) electrons. The molecule has 0 atom stereocenters. The van der Waals surface area contributed by atoms with Crippen LogP contribution in [0.3, 0.4) is 0 Å². The summed E-state index contributed by atoms with van der Waals surface area (Å²) in [5.74, 6) is -0.00299. The zero-order valence-corrected chi connectivity index (χ0v) is 10.5. The topological polar surface area (TPSA) is 119 Å². The quantitative estimate of drug-likeness (QED) is 0.560. The first-order valence-electron chi connectivity index (χ1n) is 5.02. The van der Waals surface area contributed by atoms with Gasteiger partial charge in [-0.1, -0.05) is 6.07 Å². The maximum Gasteiger partial charge on any atom is 0.402 e. The van der Waals surface area contributed by atoms with Crippen molar-refractivity contribution >= 4 is 18.1 Å². The Balaban J connectivity index is 0.000000711. The number of esters is 1. The summed E-state index contributed by atoms with van der Waals surface area (Å²) in [4.78, 5) is 19.6. The maximum atomic E-state index is 10.8. The van der Waals surface area contributed by atoms with E-state index in [4.69, 9.17) is 14.6 Å². The van der Waals surface area contributed by atoms with Gasteiger partial charge in [-0.15, -0.1) is 0 Å². The standard InChI is InChI=1S/C11H12O4.CH3NO2/c1-14-10-7-8(3-5-9(10)12)4-6-11(13)15-2;2-1(3)4/h3-7,12H,1-2H3;2H2,(H,3,4). The van der Waals surface area contributed by atoms with Gasteiger partial charge in [0.1, 0.15) is 0 Å². The molecule has 0 spiro atoms. The van der Waals surface area contributed by atoms with E-state index in [-0.39, 0.29) is 5.75 Å². The third kappa shape index (κ3) is 7.27. The fourth-order valence-corrected chi connectivity index (χ4v) is 1.03. The van der Waals surface area contributed by atoms with Gasteiger partial charge in [0.05, 0.1) is 14.2 Å². The number of ether oxygens (including phenoxy) is 2. The molecule has 0 heterocycles. The number of nitrogens with two attached hydrogens (primary N) is 1. The maximum absolute atomic E-state index is 10.8. The van der Waals surface area contributed by atoms with Gasteiger partial charge >= 0.3 is 12.1 Å². The summed E-state index contributed by atoms with van der Waals surface area (Å²) in [6.07, 6.45) is 1.54. The third-order valence-corrected chi connectivity index (χ3v) is 1.82. The molecule has 0 unspecified atom stereocenters. The molecule has 0 aliphatic heterocycles. The molecule has 1 aromatic carbocycles. The van der Waals surface area contributed by atoms with Crippen molar-refractivity contribution in [3.63, 3.8) is 0 Å². The molecule has 1 aromatic rings. The summed E-state index contributed by atoms with van der Waals surface area (Å²) in [7, 11) is 2.77. The van der Waals surface area contributed by atoms with E-state index in [1.807, 2.05) is 0 Å². The van der Waals surface area contributed by atoms with E-state index in [9.17, 15) is 9.90 Å². The number of amides is 1. The molecule has 0 aliphatic carbocycles. The summed E-state index contributed by atoms with van der Waals surface area (Å²) in [5.41, 5.74) is 4.77. The highest BCUT2D eigenvalue weighted by Gasteiger charge is 2.00. The fraction of sp³-hybridized carbons (Fsp3) is 0.167. The highest BCUT2D eigenvalue weighted by Crippen LogP contribution is 2.26. The van der Waals surface area contributed by atoms with Crippen molar-refractivity contribution in [2.24, 2.45) is 5.73 Å². The van der Waals surface area contributed by atoms with E-state index >= 15 is 0 Å². The molecule has 7 heteroatoms. The lowest BCUT2D eigenvalue weighted by Crippen LogP contribution is -2.03. The van der Waals surface area contributed by atoms with Crippen molar-refractivity contribution < 1.29 is 29.3 Å². The lowest BCUT2D eigenvalue weighted by Gasteiger charge is -2.03. The second-order valence-corrected chi connectivity index (χ2v) is 3.13. The second-order valence-electron chi connectivity index (χ2n) is 3.13. The number of rotatable bonds is 3. The minimum absolute atomic E-state index is 0.0627. The molecule has 19 heavy (non-hydrogen) atoms. The van der Waals surface area contributed by atoms with Crippen LogP contribution in [0.15, 0.2) is 24.3 Å². The van der Waals surface area contributed by atoms with Gasteiger partial charge in [0.2, 0.25) is 0 Å². The first kappa shape index (κ1) is 16.3. The molecule has 0 fully saturated rings. The number of hydrogen-bond acceptors (Lipinski definition) is 5. The molecule has 0 saturated carbocycles. The van der Waals surface area contributed by atoms with Crippen LogP contribution in [-0.4, -0.2) is 36.5 Å². The molecule has 1 rings (SSSR count). The van der Waals surface area contributed by atoms with E-state index < -0.39 is 12.1 Å². The molecule has 1 amide bonds. The summed E-state index contributed by atoms with van der Waals surface area (Å²) in [5, 5.41) is 16.5. The number of carbonyl (C=O) groups is 2. The molecular weight excluding hydrogens is 254 g/mol. The van der Waals surface area contributed by atoms with Crippen molar-refractivity contribution in [2.75, 3.05) is 14.2 Å². The minimum Gasteiger partial charge on any atom is -0.504 e. The highest BCUT2D eigenvalue weighted by molar-refractivity contribution is 5.87. The van der Waals surface area contributed by atoms with Crippen molar-refractivity contribution in [1.29, 1.82) is 0 Å². The van der Waals surface area contributed by atoms with Crippen molar-refractivity contribution in [3.05, 3.63) is 29.8 Å². The Hall–Kier alpha value is -2.70. The Labute approximate surface area is 109 Å². The SMILES string of the molecule is COC(=O)C=Cc1ccc(O)c(OC)c1.NC(=O)O. The van der Waals surface area contributed by atoms with Crippen LogP contribution in [0.5, 0.6) is 11.5 Å². The number of phenols is 1.